The van der Waals surface area contributed by atoms with Gasteiger partial charge < -0.3 is 13.9 Å². The van der Waals surface area contributed by atoms with Crippen molar-refractivity contribution in [3.63, 3.8) is 0 Å². The predicted octanol–water partition coefficient (Wildman–Crippen LogP) is 3.29. The van der Waals surface area contributed by atoms with Crippen molar-refractivity contribution in [3.8, 4) is 11.5 Å². The number of hydrogen-bond donors (Lipinski definition) is 0. The van der Waals surface area contributed by atoms with E-state index in [2.05, 4.69) is 0 Å². The molecule has 132 valence electrons. The maximum atomic E-state index is 12.1. The zero-order valence-electron chi connectivity index (χ0n) is 14.3. The summed E-state index contributed by atoms with van der Waals surface area (Å²) < 4.78 is 15.8. The highest BCUT2D eigenvalue weighted by molar-refractivity contribution is 6.08. The molecule has 3 rings (SSSR count). The van der Waals surface area contributed by atoms with Gasteiger partial charge in [-0.1, -0.05) is 18.2 Å². The molecule has 0 spiro atoms. The Labute approximate surface area is 149 Å². The number of Topliss-reactive ketones (excluding diaryl/α,β-unsaturated/α-hetero) is 1. The molecule has 0 radical (unpaired) electrons. The van der Waals surface area contributed by atoms with Crippen molar-refractivity contribution in [1.29, 1.82) is 0 Å². The number of hydrogen-bond acceptors (Lipinski definition) is 6. The van der Waals surface area contributed by atoms with Crippen molar-refractivity contribution < 1.29 is 23.5 Å². The summed E-state index contributed by atoms with van der Waals surface area (Å²) in [6.07, 6.45) is 0. The summed E-state index contributed by atoms with van der Waals surface area (Å²) in [5, 5.41) is 0.607. The highest BCUT2D eigenvalue weighted by Crippen LogP contribution is 2.29. The van der Waals surface area contributed by atoms with E-state index in [0.29, 0.717) is 16.7 Å². The largest absolute Gasteiger partial charge is 0.482 e. The van der Waals surface area contributed by atoms with Gasteiger partial charge in [0.05, 0.1) is 0 Å². The minimum Gasteiger partial charge on any atom is -0.482 e. The first-order valence-electron chi connectivity index (χ1n) is 7.92. The van der Waals surface area contributed by atoms with Gasteiger partial charge >= 0.3 is 11.6 Å². The zero-order valence-corrected chi connectivity index (χ0v) is 14.3. The van der Waals surface area contributed by atoms with Crippen LogP contribution >= 0.6 is 0 Å². The third-order valence-corrected chi connectivity index (χ3v) is 3.76. The second kappa shape index (κ2) is 7.23. The van der Waals surface area contributed by atoms with Crippen molar-refractivity contribution in [2.24, 2.45) is 0 Å². The molecule has 0 amide bonds. The number of para-hydroxylation sites is 1. The normalized spacial score (nSPS) is 10.5. The Balaban J connectivity index is 1.90. The van der Waals surface area contributed by atoms with Gasteiger partial charge in [-0.25, -0.2) is 9.59 Å². The number of aryl methyl sites for hydroxylation is 1. The number of ether oxygens (including phenoxy) is 2. The first-order valence-corrected chi connectivity index (χ1v) is 7.92. The van der Waals surface area contributed by atoms with E-state index >= 15 is 0 Å². The molecule has 2 aromatic carbocycles. The first kappa shape index (κ1) is 17.4. The molecule has 0 saturated carbocycles. The van der Waals surface area contributed by atoms with E-state index in [9.17, 15) is 14.4 Å². The fourth-order valence-electron chi connectivity index (χ4n) is 2.60. The molecular weight excluding hydrogens is 336 g/mol. The average molecular weight is 352 g/mol. The van der Waals surface area contributed by atoms with Gasteiger partial charge in [-0.05, 0) is 43.7 Å². The van der Waals surface area contributed by atoms with Crippen LogP contribution < -0.4 is 15.1 Å². The monoisotopic (exact) mass is 352 g/mol. The van der Waals surface area contributed by atoms with Crippen molar-refractivity contribution in [1.82, 2.24) is 0 Å². The molecular formula is C20H16O6. The lowest BCUT2D eigenvalue weighted by molar-refractivity contribution is -0.136. The summed E-state index contributed by atoms with van der Waals surface area (Å²) in [5.74, 6) is -0.501. The number of rotatable bonds is 5. The second-order valence-corrected chi connectivity index (χ2v) is 5.70. The summed E-state index contributed by atoms with van der Waals surface area (Å²) in [6, 6.07) is 13.3. The van der Waals surface area contributed by atoms with E-state index in [1.54, 1.807) is 37.3 Å². The molecule has 6 nitrogen and oxygen atoms in total. The van der Waals surface area contributed by atoms with Gasteiger partial charge in [0.2, 0.25) is 0 Å². The van der Waals surface area contributed by atoms with Gasteiger partial charge in [0.15, 0.2) is 18.0 Å². The van der Waals surface area contributed by atoms with Crippen LogP contribution in [0, 0.1) is 6.92 Å². The lowest BCUT2D eigenvalue weighted by Crippen LogP contribution is -2.19. The zero-order chi connectivity index (χ0) is 18.7. The van der Waals surface area contributed by atoms with Gasteiger partial charge in [-0.3, -0.25) is 4.79 Å². The van der Waals surface area contributed by atoms with Crippen LogP contribution in [0.25, 0.3) is 11.0 Å². The number of esters is 1. The summed E-state index contributed by atoms with van der Waals surface area (Å²) >= 11 is 0. The van der Waals surface area contributed by atoms with Crippen molar-refractivity contribution >= 4 is 22.7 Å². The predicted molar refractivity (Wildman–Crippen MR) is 94.8 cm³/mol. The summed E-state index contributed by atoms with van der Waals surface area (Å²) in [6.45, 7) is 2.73. The van der Waals surface area contributed by atoms with E-state index in [1.807, 2.05) is 6.07 Å². The van der Waals surface area contributed by atoms with Crippen LogP contribution in [0.4, 0.5) is 0 Å². The minimum atomic E-state index is -0.675. The highest BCUT2D eigenvalue weighted by atomic mass is 16.6. The molecule has 0 aliphatic carbocycles. The quantitative estimate of drug-likeness (QED) is 0.303. The van der Waals surface area contributed by atoms with Crippen LogP contribution in [-0.2, 0) is 4.79 Å². The van der Waals surface area contributed by atoms with Crippen LogP contribution in [0.2, 0.25) is 0 Å². The molecule has 0 saturated heterocycles. The molecule has 0 N–H and O–H groups in total. The van der Waals surface area contributed by atoms with E-state index in [4.69, 9.17) is 13.9 Å². The molecule has 0 bridgehead atoms. The number of fused-ring (bicyclic) bond motifs is 1. The van der Waals surface area contributed by atoms with Crippen LogP contribution in [-0.4, -0.2) is 18.4 Å². The molecule has 0 aliphatic rings. The Kier molecular flexibility index (Phi) is 4.84. The van der Waals surface area contributed by atoms with E-state index in [-0.39, 0.29) is 29.3 Å². The second-order valence-electron chi connectivity index (χ2n) is 5.70. The van der Waals surface area contributed by atoms with E-state index in [0.717, 1.165) is 0 Å². The SMILES string of the molecule is CC(=O)c1c(OC(=O)COc2ccccc2)ccc2c(C)cc(=O)oc12. The van der Waals surface area contributed by atoms with E-state index < -0.39 is 11.6 Å². The van der Waals surface area contributed by atoms with Crippen molar-refractivity contribution in [2.75, 3.05) is 6.61 Å². The lowest BCUT2D eigenvalue weighted by Gasteiger charge is -2.11. The van der Waals surface area contributed by atoms with Gasteiger partial charge in [0.1, 0.15) is 17.1 Å². The minimum absolute atomic E-state index is 0.0282. The van der Waals surface area contributed by atoms with Gasteiger partial charge in [0, 0.05) is 11.5 Å². The number of carbonyl (C=O) groups is 2. The van der Waals surface area contributed by atoms with Crippen LogP contribution in [0.15, 0.2) is 57.7 Å². The highest BCUT2D eigenvalue weighted by Gasteiger charge is 2.19. The molecule has 26 heavy (non-hydrogen) atoms. The summed E-state index contributed by atoms with van der Waals surface area (Å²) in [5.41, 5.74) is 0.255. The molecule has 1 aromatic heterocycles. The van der Waals surface area contributed by atoms with Gasteiger partial charge in [-0.2, -0.15) is 0 Å². The van der Waals surface area contributed by atoms with Gasteiger partial charge in [0.25, 0.3) is 0 Å². The van der Waals surface area contributed by atoms with Crippen LogP contribution in [0.5, 0.6) is 11.5 Å². The lowest BCUT2D eigenvalue weighted by atomic mass is 10.0. The Morgan fingerprint density at radius 2 is 1.81 bits per heavy atom. The number of carbonyl (C=O) groups excluding carboxylic acids is 2. The smallest absolute Gasteiger partial charge is 0.349 e. The van der Waals surface area contributed by atoms with Crippen LogP contribution in [0.3, 0.4) is 0 Å². The Morgan fingerprint density at radius 3 is 2.50 bits per heavy atom. The summed E-state index contributed by atoms with van der Waals surface area (Å²) in [7, 11) is 0. The molecule has 0 unspecified atom stereocenters. The number of ketones is 1. The third kappa shape index (κ3) is 3.64. The summed E-state index contributed by atoms with van der Waals surface area (Å²) in [4.78, 5) is 35.8. The fraction of sp³-hybridized carbons (Fsp3) is 0.150. The third-order valence-electron chi connectivity index (χ3n) is 3.76. The molecule has 0 atom stereocenters. The average Bonchev–Trinajstić information content (AvgIpc) is 2.60. The maximum Gasteiger partial charge on any atom is 0.349 e. The van der Waals surface area contributed by atoms with Crippen LogP contribution in [0.1, 0.15) is 22.8 Å². The maximum absolute atomic E-state index is 12.1. The van der Waals surface area contributed by atoms with Crippen molar-refractivity contribution in [3.05, 3.63) is 70.1 Å². The molecule has 6 heteroatoms. The fourth-order valence-corrected chi connectivity index (χ4v) is 2.60. The molecule has 1 heterocycles. The topological polar surface area (TPSA) is 82.8 Å². The number of benzene rings is 2. The first-order chi connectivity index (χ1) is 12.5. The van der Waals surface area contributed by atoms with E-state index in [1.165, 1.54) is 19.1 Å². The Bertz CT molecular complexity index is 1030. The molecule has 3 aromatic rings. The standard InChI is InChI=1S/C20H16O6/c1-12-10-17(22)26-20-15(12)8-9-16(19(20)13(2)21)25-18(23)11-24-14-6-4-3-5-7-14/h3-10H,11H2,1-2H3. The van der Waals surface area contributed by atoms with Crippen molar-refractivity contribution in [2.45, 2.75) is 13.8 Å². The van der Waals surface area contributed by atoms with Gasteiger partial charge in [-0.15, -0.1) is 0 Å². The Morgan fingerprint density at radius 1 is 1.08 bits per heavy atom. The molecule has 0 aliphatic heterocycles. The Hall–Kier alpha value is -3.41. The molecule has 0 fully saturated rings.